The van der Waals surface area contributed by atoms with Gasteiger partial charge in [0, 0.05) is 29.9 Å². The van der Waals surface area contributed by atoms with Gasteiger partial charge >= 0.3 is 5.97 Å². The first-order valence-corrected chi connectivity index (χ1v) is 13.6. The van der Waals surface area contributed by atoms with Gasteiger partial charge in [-0.3, -0.25) is 4.79 Å². The van der Waals surface area contributed by atoms with E-state index in [2.05, 4.69) is 37.1 Å². The highest BCUT2D eigenvalue weighted by atomic mass is 16.4. The molecular formula is C33H36N2O4. The summed E-state index contributed by atoms with van der Waals surface area (Å²) in [7, 11) is 0. The Labute approximate surface area is 229 Å². The Kier molecular flexibility index (Phi) is 6.98. The molecule has 6 heteroatoms. The highest BCUT2D eigenvalue weighted by Gasteiger charge is 2.29. The van der Waals surface area contributed by atoms with E-state index < -0.39 is 5.97 Å². The number of rotatable bonds is 6. The molecule has 0 bridgehead atoms. The molecule has 2 N–H and O–H groups in total. The first-order chi connectivity index (χ1) is 18.5. The summed E-state index contributed by atoms with van der Waals surface area (Å²) < 4.78 is 6.61. The lowest BCUT2D eigenvalue weighted by Crippen LogP contribution is -2.38. The summed E-state index contributed by atoms with van der Waals surface area (Å²) in [5, 5.41) is 13.5. The Bertz CT molecular complexity index is 1590. The Morgan fingerprint density at radius 2 is 1.69 bits per heavy atom. The van der Waals surface area contributed by atoms with Crippen molar-refractivity contribution in [1.29, 1.82) is 0 Å². The predicted octanol–water partition coefficient (Wildman–Crippen LogP) is 7.57. The summed E-state index contributed by atoms with van der Waals surface area (Å²) in [5.74, 6) is -0.267. The molecule has 2 heterocycles. The van der Waals surface area contributed by atoms with E-state index in [4.69, 9.17) is 4.42 Å². The van der Waals surface area contributed by atoms with Gasteiger partial charge in [0.25, 0.3) is 0 Å². The molecule has 1 aromatic heterocycles. The van der Waals surface area contributed by atoms with Gasteiger partial charge < -0.3 is 19.7 Å². The smallest absolute Gasteiger partial charge is 0.335 e. The number of carbonyl (C=O) groups is 1. The molecule has 0 unspecified atom stereocenters. The zero-order chi connectivity index (χ0) is 27.9. The van der Waals surface area contributed by atoms with Gasteiger partial charge in [-0.15, -0.1) is 0 Å². The largest absolute Gasteiger partial charge is 0.478 e. The molecule has 39 heavy (non-hydrogen) atoms. The minimum absolute atomic E-state index is 0.0205. The van der Waals surface area contributed by atoms with Crippen LogP contribution in [0.4, 0.5) is 11.6 Å². The van der Waals surface area contributed by atoms with Crippen molar-refractivity contribution in [3.05, 3.63) is 93.1 Å². The average Bonchev–Trinajstić information content (AvgIpc) is 2.91. The molecule has 202 valence electrons. The molecule has 5 rings (SSSR count). The summed E-state index contributed by atoms with van der Waals surface area (Å²) in [6, 6.07) is 18.7. The minimum atomic E-state index is -0.947. The molecule has 0 radical (unpaired) electrons. The van der Waals surface area contributed by atoms with E-state index in [0.717, 1.165) is 53.9 Å². The summed E-state index contributed by atoms with van der Waals surface area (Å²) in [4.78, 5) is 27.1. The van der Waals surface area contributed by atoms with Crippen LogP contribution in [0.1, 0.15) is 66.7 Å². The van der Waals surface area contributed by atoms with Gasteiger partial charge in [0.05, 0.1) is 22.6 Å². The van der Waals surface area contributed by atoms with Crippen molar-refractivity contribution < 1.29 is 14.3 Å². The van der Waals surface area contributed by atoms with E-state index in [1.165, 1.54) is 0 Å². The summed E-state index contributed by atoms with van der Waals surface area (Å²) in [6.45, 7) is 12.3. The second-order valence-electron chi connectivity index (χ2n) is 11.5. The van der Waals surface area contributed by atoms with E-state index in [1.807, 2.05) is 56.3 Å². The number of para-hydroxylation sites is 1. The monoisotopic (exact) mass is 524 g/mol. The predicted molar refractivity (Wildman–Crippen MR) is 158 cm³/mol. The van der Waals surface area contributed by atoms with Crippen molar-refractivity contribution in [3.63, 3.8) is 0 Å². The van der Waals surface area contributed by atoms with Gasteiger partial charge in [-0.05, 0) is 74.4 Å². The molecular weight excluding hydrogens is 488 g/mol. The van der Waals surface area contributed by atoms with Crippen molar-refractivity contribution >= 4 is 28.5 Å². The van der Waals surface area contributed by atoms with Crippen LogP contribution < -0.4 is 15.6 Å². The molecule has 0 saturated carbocycles. The van der Waals surface area contributed by atoms with Crippen molar-refractivity contribution in [2.45, 2.75) is 53.5 Å². The number of carboxylic acid groups (broad SMARTS) is 1. The Hall–Kier alpha value is -4.06. The normalized spacial score (nSPS) is 15.8. The Balaban J connectivity index is 1.54. The number of nitrogens with zero attached hydrogens (tertiary/aromatic N) is 1. The van der Waals surface area contributed by atoms with Crippen LogP contribution in [-0.4, -0.2) is 24.2 Å². The van der Waals surface area contributed by atoms with Crippen LogP contribution >= 0.6 is 0 Å². The number of piperidine rings is 1. The number of hydrogen-bond donors (Lipinski definition) is 2. The first-order valence-electron chi connectivity index (χ1n) is 13.6. The highest BCUT2D eigenvalue weighted by Crippen LogP contribution is 2.37. The molecule has 0 aliphatic carbocycles. The third kappa shape index (κ3) is 5.29. The maximum atomic E-state index is 13.6. The fourth-order valence-corrected chi connectivity index (χ4v) is 5.46. The van der Waals surface area contributed by atoms with Crippen LogP contribution in [0.2, 0.25) is 0 Å². The second kappa shape index (κ2) is 10.3. The lowest BCUT2D eigenvalue weighted by Gasteiger charge is -2.37. The molecule has 4 aromatic rings. The Morgan fingerprint density at radius 3 is 2.36 bits per heavy atom. The lowest BCUT2D eigenvalue weighted by atomic mass is 9.82. The van der Waals surface area contributed by atoms with E-state index >= 15 is 0 Å². The standard InChI is InChI=1S/C33H36N2O4/c1-20-18-26(22(3)34-28-9-7-6-8-25(28)23-10-12-24(13-11-23)32(37)38)30-27(19-20)29(36)21(2)31(39-30)35-16-14-33(4,5)15-17-35/h6-13,18-19,22,34H,14-17H2,1-5H3,(H,37,38)/t22-/m1/s1. The molecule has 3 aromatic carbocycles. The number of aryl methyl sites for hydroxylation is 1. The van der Waals surface area contributed by atoms with E-state index in [-0.39, 0.29) is 17.0 Å². The molecule has 1 aliphatic rings. The van der Waals surface area contributed by atoms with E-state index in [0.29, 0.717) is 27.8 Å². The van der Waals surface area contributed by atoms with Gasteiger partial charge in [0.15, 0.2) is 5.43 Å². The number of anilines is 2. The number of carboxylic acids is 1. The SMILES string of the molecule is Cc1cc([C@@H](C)Nc2ccccc2-c2ccc(C(=O)O)cc2)c2oc(N3CCC(C)(C)CC3)c(C)c(=O)c2c1. The van der Waals surface area contributed by atoms with Gasteiger partial charge in [-0.25, -0.2) is 4.79 Å². The molecule has 1 aliphatic heterocycles. The molecule has 6 nitrogen and oxygen atoms in total. The van der Waals surface area contributed by atoms with E-state index in [9.17, 15) is 14.7 Å². The summed E-state index contributed by atoms with van der Waals surface area (Å²) >= 11 is 0. The van der Waals surface area contributed by atoms with Gasteiger partial charge in [0.1, 0.15) is 5.58 Å². The van der Waals surface area contributed by atoms with Gasteiger partial charge in [-0.1, -0.05) is 50.2 Å². The number of benzene rings is 3. The minimum Gasteiger partial charge on any atom is -0.478 e. The third-order valence-corrected chi connectivity index (χ3v) is 7.98. The highest BCUT2D eigenvalue weighted by molar-refractivity contribution is 5.89. The first kappa shape index (κ1) is 26.5. The number of aromatic carboxylic acids is 1. The van der Waals surface area contributed by atoms with Crippen molar-refractivity contribution in [1.82, 2.24) is 0 Å². The maximum Gasteiger partial charge on any atom is 0.335 e. The fraction of sp³-hybridized carbons (Fsp3) is 0.333. The molecule has 1 saturated heterocycles. The van der Waals surface area contributed by atoms with Crippen molar-refractivity contribution in [2.24, 2.45) is 5.41 Å². The molecule has 1 atom stereocenters. The van der Waals surface area contributed by atoms with Crippen LogP contribution in [0.3, 0.4) is 0 Å². The molecule has 1 fully saturated rings. The number of hydrogen-bond acceptors (Lipinski definition) is 5. The average molecular weight is 525 g/mol. The van der Waals surface area contributed by atoms with E-state index in [1.54, 1.807) is 12.1 Å². The van der Waals surface area contributed by atoms with Gasteiger partial charge in [0.2, 0.25) is 5.88 Å². The van der Waals surface area contributed by atoms with Crippen LogP contribution in [0.25, 0.3) is 22.1 Å². The summed E-state index contributed by atoms with van der Waals surface area (Å²) in [6.07, 6.45) is 2.11. The number of nitrogens with one attached hydrogen (secondary N) is 1. The zero-order valence-electron chi connectivity index (χ0n) is 23.3. The second-order valence-corrected chi connectivity index (χ2v) is 11.5. The Morgan fingerprint density at radius 1 is 1.03 bits per heavy atom. The van der Waals surface area contributed by atoms with Crippen molar-refractivity contribution in [2.75, 3.05) is 23.3 Å². The molecule has 0 amide bonds. The van der Waals surface area contributed by atoms with Crippen LogP contribution in [0.15, 0.2) is 69.9 Å². The quantitative estimate of drug-likeness (QED) is 0.271. The topological polar surface area (TPSA) is 82.8 Å². The summed E-state index contributed by atoms with van der Waals surface area (Å²) in [5.41, 5.74) is 6.58. The lowest BCUT2D eigenvalue weighted by molar-refractivity contribution is 0.0697. The zero-order valence-corrected chi connectivity index (χ0v) is 23.3. The number of fused-ring (bicyclic) bond motifs is 1. The maximum absolute atomic E-state index is 13.6. The van der Waals surface area contributed by atoms with Gasteiger partial charge in [-0.2, -0.15) is 0 Å². The van der Waals surface area contributed by atoms with Crippen LogP contribution in [0.5, 0.6) is 0 Å². The fourth-order valence-electron chi connectivity index (χ4n) is 5.46. The van der Waals surface area contributed by atoms with Crippen LogP contribution in [0, 0.1) is 19.3 Å². The third-order valence-electron chi connectivity index (χ3n) is 7.98. The van der Waals surface area contributed by atoms with Crippen LogP contribution in [-0.2, 0) is 0 Å². The molecule has 0 spiro atoms. The van der Waals surface area contributed by atoms with Crippen molar-refractivity contribution in [3.8, 4) is 11.1 Å².